The van der Waals surface area contributed by atoms with E-state index >= 15 is 0 Å². The predicted molar refractivity (Wildman–Crippen MR) is 149 cm³/mol. The minimum Gasteiger partial charge on any atom is -0.457 e. The molecule has 1 atom stereocenters. The monoisotopic (exact) mass is 557 g/mol. The third kappa shape index (κ3) is 6.05. The first kappa shape index (κ1) is 26.7. The van der Waals surface area contributed by atoms with Crippen molar-refractivity contribution in [2.45, 2.75) is 6.42 Å². The molecule has 4 aromatic rings. The number of carbonyl (C=O) groups excluding carboxylic acids is 4. The summed E-state index contributed by atoms with van der Waals surface area (Å²) >= 11 is 5.96. The van der Waals surface area contributed by atoms with E-state index < -0.39 is 30.3 Å². The van der Waals surface area contributed by atoms with Crippen LogP contribution in [0.15, 0.2) is 91.0 Å². The maximum absolute atomic E-state index is 12.6. The molecular weight excluding hydrogens is 534 g/mol. The molecule has 0 aromatic heterocycles. The van der Waals surface area contributed by atoms with Gasteiger partial charge in [0, 0.05) is 24.0 Å². The van der Waals surface area contributed by atoms with E-state index in [1.165, 1.54) is 11.0 Å². The molecule has 0 unspecified atom stereocenters. The number of amides is 3. The quantitative estimate of drug-likeness (QED) is 0.253. The summed E-state index contributed by atoms with van der Waals surface area (Å²) in [4.78, 5) is 50.8. The molecule has 40 heavy (non-hydrogen) atoms. The number of hydrogen-bond acceptors (Lipinski definition) is 6. The van der Waals surface area contributed by atoms with Crippen LogP contribution >= 0.6 is 11.6 Å². The van der Waals surface area contributed by atoms with Crippen LogP contribution in [0.25, 0.3) is 10.8 Å². The molecule has 1 aliphatic heterocycles. The average Bonchev–Trinajstić information content (AvgIpc) is 3.37. The molecule has 4 aromatic carbocycles. The van der Waals surface area contributed by atoms with Crippen molar-refractivity contribution in [3.8, 4) is 11.5 Å². The molecule has 9 nitrogen and oxygen atoms in total. The summed E-state index contributed by atoms with van der Waals surface area (Å²) in [5, 5.41) is 2.28. The van der Waals surface area contributed by atoms with Gasteiger partial charge in [0.1, 0.15) is 11.5 Å². The van der Waals surface area contributed by atoms with Gasteiger partial charge in [-0.1, -0.05) is 60.1 Å². The van der Waals surface area contributed by atoms with Crippen molar-refractivity contribution < 1.29 is 28.7 Å². The number of nitrogens with zero attached hydrogens (tertiary/aromatic N) is 1. The highest BCUT2D eigenvalue weighted by Gasteiger charge is 2.36. The van der Waals surface area contributed by atoms with E-state index in [9.17, 15) is 19.2 Å². The summed E-state index contributed by atoms with van der Waals surface area (Å²) < 4.78 is 11.1. The van der Waals surface area contributed by atoms with E-state index in [1.54, 1.807) is 42.5 Å². The van der Waals surface area contributed by atoms with Crippen molar-refractivity contribution in [2.24, 2.45) is 5.92 Å². The Hall–Kier alpha value is -4.89. The van der Waals surface area contributed by atoms with E-state index in [4.69, 9.17) is 21.1 Å². The normalized spacial score (nSPS) is 14.6. The van der Waals surface area contributed by atoms with Crippen LogP contribution in [0.5, 0.6) is 11.5 Å². The molecule has 2 N–H and O–H groups in total. The lowest BCUT2D eigenvalue weighted by Gasteiger charge is -2.17. The van der Waals surface area contributed by atoms with Crippen molar-refractivity contribution in [3.63, 3.8) is 0 Å². The van der Waals surface area contributed by atoms with Gasteiger partial charge in [-0.05, 0) is 47.9 Å². The zero-order chi connectivity index (χ0) is 28.1. The molecule has 0 saturated carbocycles. The fraction of sp³-hybridized carbons (Fsp3) is 0.133. The molecule has 1 fully saturated rings. The first-order valence-electron chi connectivity index (χ1n) is 12.5. The molecule has 10 heteroatoms. The Kier molecular flexibility index (Phi) is 7.93. The van der Waals surface area contributed by atoms with Gasteiger partial charge in [0.05, 0.1) is 16.5 Å². The molecule has 0 bridgehead atoms. The Morgan fingerprint density at radius 3 is 2.40 bits per heavy atom. The second-order valence-corrected chi connectivity index (χ2v) is 9.48. The molecule has 1 saturated heterocycles. The Bertz CT molecular complexity index is 1580. The Balaban J connectivity index is 1.12. The number of hydrazine groups is 1. The number of esters is 1. The number of halogens is 1. The highest BCUT2D eigenvalue weighted by Crippen LogP contribution is 2.32. The first-order valence-corrected chi connectivity index (χ1v) is 12.8. The van der Waals surface area contributed by atoms with Crippen molar-refractivity contribution in [1.29, 1.82) is 0 Å². The van der Waals surface area contributed by atoms with E-state index in [0.29, 0.717) is 11.4 Å². The molecule has 1 aliphatic rings. The number of fused-ring (bicyclic) bond motifs is 1. The maximum Gasteiger partial charge on any atom is 0.311 e. The molecule has 0 spiro atoms. The van der Waals surface area contributed by atoms with Gasteiger partial charge in [0.2, 0.25) is 5.91 Å². The SMILES string of the molecule is O=C(COC(=O)[C@H]1CC(=O)N(c2ccc(Oc3cccc4ccccc34)cc2)C1)NNC(=O)c1ccccc1Cl. The zero-order valence-electron chi connectivity index (χ0n) is 21.1. The molecule has 0 aliphatic carbocycles. The highest BCUT2D eigenvalue weighted by atomic mass is 35.5. The second-order valence-electron chi connectivity index (χ2n) is 9.07. The van der Waals surface area contributed by atoms with Crippen LogP contribution in [-0.4, -0.2) is 36.8 Å². The van der Waals surface area contributed by atoms with Crippen LogP contribution in [0, 0.1) is 5.92 Å². The minimum atomic E-state index is -0.739. The molecule has 3 amide bonds. The largest absolute Gasteiger partial charge is 0.457 e. The van der Waals surface area contributed by atoms with E-state index in [2.05, 4.69) is 10.9 Å². The minimum absolute atomic E-state index is 0.0437. The van der Waals surface area contributed by atoms with Gasteiger partial charge in [-0.2, -0.15) is 0 Å². The summed E-state index contributed by atoms with van der Waals surface area (Å²) in [5.74, 6) is -1.67. The second kappa shape index (κ2) is 11.9. The predicted octanol–water partition coefficient (Wildman–Crippen LogP) is 4.64. The number of anilines is 1. The topological polar surface area (TPSA) is 114 Å². The molecular formula is C30H24ClN3O6. The van der Waals surface area contributed by atoms with E-state index in [-0.39, 0.29) is 29.5 Å². The summed E-state index contributed by atoms with van der Waals surface area (Å²) in [6.45, 7) is -0.501. The first-order chi connectivity index (χ1) is 19.4. The van der Waals surface area contributed by atoms with E-state index in [0.717, 1.165) is 16.5 Å². The fourth-order valence-electron chi connectivity index (χ4n) is 4.35. The van der Waals surface area contributed by atoms with Crippen LogP contribution < -0.4 is 20.5 Å². The van der Waals surface area contributed by atoms with Gasteiger partial charge < -0.3 is 14.4 Å². The van der Waals surface area contributed by atoms with Crippen molar-refractivity contribution >= 4 is 51.8 Å². The van der Waals surface area contributed by atoms with Gasteiger partial charge in [0.15, 0.2) is 6.61 Å². The number of hydrogen-bond donors (Lipinski definition) is 2. The maximum atomic E-state index is 12.6. The third-order valence-electron chi connectivity index (χ3n) is 6.36. The van der Waals surface area contributed by atoms with Crippen molar-refractivity contribution in [2.75, 3.05) is 18.1 Å². The van der Waals surface area contributed by atoms with Crippen molar-refractivity contribution in [1.82, 2.24) is 10.9 Å². The number of benzene rings is 4. The van der Waals surface area contributed by atoms with E-state index in [1.807, 2.05) is 42.5 Å². The lowest BCUT2D eigenvalue weighted by Crippen LogP contribution is -2.44. The van der Waals surface area contributed by atoms with Gasteiger partial charge >= 0.3 is 5.97 Å². The van der Waals surface area contributed by atoms with Gasteiger partial charge in [-0.3, -0.25) is 30.0 Å². The van der Waals surface area contributed by atoms with Crippen LogP contribution in [0.4, 0.5) is 5.69 Å². The van der Waals surface area contributed by atoms with Gasteiger partial charge in [-0.25, -0.2) is 0 Å². The molecule has 202 valence electrons. The lowest BCUT2D eigenvalue weighted by molar-refractivity contribution is -0.152. The smallest absolute Gasteiger partial charge is 0.311 e. The Labute approximate surface area is 234 Å². The average molecular weight is 558 g/mol. The lowest BCUT2D eigenvalue weighted by atomic mass is 10.1. The Morgan fingerprint density at radius 1 is 0.875 bits per heavy atom. The van der Waals surface area contributed by atoms with Gasteiger partial charge in [-0.15, -0.1) is 0 Å². The summed E-state index contributed by atoms with van der Waals surface area (Å²) in [6, 6.07) is 27.1. The molecule has 5 rings (SSSR count). The molecule has 0 radical (unpaired) electrons. The standard InChI is InChI=1S/C30H24ClN3O6/c31-25-10-4-3-9-24(25)29(37)33-32-27(35)18-39-30(38)20-16-28(36)34(17-20)21-12-14-22(15-13-21)40-26-11-5-7-19-6-1-2-8-23(19)26/h1-15,20H,16-18H2,(H,32,35)(H,33,37)/t20-/m0/s1. The fourth-order valence-corrected chi connectivity index (χ4v) is 4.57. The zero-order valence-corrected chi connectivity index (χ0v) is 21.9. The van der Waals surface area contributed by atoms with Crippen LogP contribution in [0.3, 0.4) is 0 Å². The van der Waals surface area contributed by atoms with Crippen LogP contribution in [0.1, 0.15) is 16.8 Å². The summed E-state index contributed by atoms with van der Waals surface area (Å²) in [5.41, 5.74) is 5.17. The number of nitrogens with one attached hydrogen (secondary N) is 2. The third-order valence-corrected chi connectivity index (χ3v) is 6.69. The highest BCUT2D eigenvalue weighted by molar-refractivity contribution is 6.33. The summed E-state index contributed by atoms with van der Waals surface area (Å²) in [6.07, 6.45) is -0.0437. The number of carbonyl (C=O) groups is 4. The molecule has 1 heterocycles. The number of ether oxygens (including phenoxy) is 2. The van der Waals surface area contributed by atoms with Gasteiger partial charge in [0.25, 0.3) is 11.8 Å². The van der Waals surface area contributed by atoms with Crippen molar-refractivity contribution in [3.05, 3.63) is 102 Å². The van der Waals surface area contributed by atoms with Crippen LogP contribution in [-0.2, 0) is 19.1 Å². The number of rotatable bonds is 7. The Morgan fingerprint density at radius 2 is 1.60 bits per heavy atom. The summed E-state index contributed by atoms with van der Waals surface area (Å²) in [7, 11) is 0. The van der Waals surface area contributed by atoms with Crippen LogP contribution in [0.2, 0.25) is 5.02 Å².